The van der Waals surface area contributed by atoms with Crippen molar-refractivity contribution in [1.29, 1.82) is 0 Å². The molecule has 13 heavy (non-hydrogen) atoms. The quantitative estimate of drug-likeness (QED) is 0.593. The Morgan fingerprint density at radius 3 is 2.31 bits per heavy atom. The maximum atomic E-state index is 10.2. The molecular weight excluding hydrogens is 160 g/mol. The maximum Gasteiger partial charge on any atom is 0.0605 e. The Balaban J connectivity index is 1.82. The van der Waals surface area contributed by atoms with Crippen LogP contribution in [0.4, 0.5) is 0 Å². The summed E-state index contributed by atoms with van der Waals surface area (Å²) in [6.45, 7) is 0. The topological polar surface area (TPSA) is 20.2 Å². The van der Waals surface area contributed by atoms with Crippen molar-refractivity contribution in [3.05, 3.63) is 0 Å². The summed E-state index contributed by atoms with van der Waals surface area (Å²) in [6, 6.07) is 0. The van der Waals surface area contributed by atoms with Crippen molar-refractivity contribution in [2.24, 2.45) is 47.3 Å². The molecular formula is C12H16O. The normalized spacial score (nSPS) is 80.5. The van der Waals surface area contributed by atoms with E-state index < -0.39 is 0 Å². The molecule has 0 saturated heterocycles. The Morgan fingerprint density at radius 1 is 0.692 bits per heavy atom. The first-order valence-corrected chi connectivity index (χ1v) is 6.04. The summed E-state index contributed by atoms with van der Waals surface area (Å²) in [6.07, 6.45) is 4.59. The van der Waals surface area contributed by atoms with Crippen molar-refractivity contribution >= 4 is 0 Å². The molecule has 5 saturated carbocycles. The van der Waals surface area contributed by atoms with E-state index in [1.165, 1.54) is 12.8 Å². The first-order valence-electron chi connectivity index (χ1n) is 6.04. The first-order chi connectivity index (χ1) is 6.36. The smallest absolute Gasteiger partial charge is 0.0605 e. The molecule has 0 radical (unpaired) electrons. The Labute approximate surface area is 78.5 Å². The second kappa shape index (κ2) is 1.60. The average Bonchev–Trinajstić information content (AvgIpc) is 2.74. The van der Waals surface area contributed by atoms with Gasteiger partial charge in [0.1, 0.15) is 0 Å². The van der Waals surface area contributed by atoms with Crippen LogP contribution in [0.2, 0.25) is 0 Å². The molecule has 5 aliphatic rings. The predicted molar refractivity (Wildman–Crippen MR) is 47.8 cm³/mol. The molecule has 9 atom stereocenters. The predicted octanol–water partition coefficient (Wildman–Crippen LogP) is 1.52. The van der Waals surface area contributed by atoms with Crippen molar-refractivity contribution < 1.29 is 5.11 Å². The van der Waals surface area contributed by atoms with E-state index in [-0.39, 0.29) is 6.10 Å². The van der Waals surface area contributed by atoms with Crippen LogP contribution in [-0.2, 0) is 0 Å². The van der Waals surface area contributed by atoms with Gasteiger partial charge in [0.2, 0.25) is 0 Å². The number of aliphatic hydroxyl groups excluding tert-OH is 1. The van der Waals surface area contributed by atoms with Gasteiger partial charge >= 0.3 is 0 Å². The summed E-state index contributed by atoms with van der Waals surface area (Å²) < 4.78 is 0. The van der Waals surface area contributed by atoms with Crippen LogP contribution in [0.15, 0.2) is 0 Å². The van der Waals surface area contributed by atoms with Crippen LogP contribution in [0.3, 0.4) is 0 Å². The number of rotatable bonds is 0. The number of fused-ring (bicyclic) bond motifs is 5. The summed E-state index contributed by atoms with van der Waals surface area (Å²) in [5.74, 6) is 7.68. The van der Waals surface area contributed by atoms with Gasteiger partial charge in [-0.3, -0.25) is 0 Å². The molecule has 0 amide bonds. The van der Waals surface area contributed by atoms with Crippen LogP contribution in [0.5, 0.6) is 0 Å². The van der Waals surface area contributed by atoms with Gasteiger partial charge in [-0.2, -0.15) is 0 Å². The molecule has 1 heteroatoms. The minimum Gasteiger partial charge on any atom is -0.393 e. The Hall–Kier alpha value is -0.0400. The highest BCUT2D eigenvalue weighted by Crippen LogP contribution is 2.78. The van der Waals surface area contributed by atoms with E-state index >= 15 is 0 Å². The van der Waals surface area contributed by atoms with Crippen LogP contribution in [0.25, 0.3) is 0 Å². The second-order valence-electron chi connectivity index (χ2n) is 6.35. The summed E-state index contributed by atoms with van der Waals surface area (Å²) in [5.41, 5.74) is 0. The van der Waals surface area contributed by atoms with Gasteiger partial charge in [0.25, 0.3) is 0 Å². The third-order valence-corrected chi connectivity index (χ3v) is 6.54. The standard InChI is InChI=1S/C12H16O/c13-12-8-3-7-10-5-1-4(9(8)10)2-6(5)11(7)12/h4-13H,1-3H2/t4-,5+,6-,7+,8-,9-,10+,11-,12-/m0/s1. The largest absolute Gasteiger partial charge is 0.393 e. The van der Waals surface area contributed by atoms with E-state index in [1.807, 2.05) is 0 Å². The van der Waals surface area contributed by atoms with Crippen LogP contribution in [0, 0.1) is 47.3 Å². The SMILES string of the molecule is O[C@H]1[C@H]2C[C@H]3[C@@H]1[C@H]1C[C@@H]4C[C@H]1[C@H]3[C@@H]42. The summed E-state index contributed by atoms with van der Waals surface area (Å²) in [5, 5.41) is 10.2. The zero-order valence-electron chi connectivity index (χ0n) is 7.76. The molecule has 4 bridgehead atoms. The van der Waals surface area contributed by atoms with Gasteiger partial charge in [0, 0.05) is 0 Å². The van der Waals surface area contributed by atoms with Crippen LogP contribution >= 0.6 is 0 Å². The molecule has 0 heterocycles. The number of aliphatic hydroxyl groups is 1. The highest BCUT2D eigenvalue weighted by atomic mass is 16.3. The third-order valence-electron chi connectivity index (χ3n) is 6.54. The average molecular weight is 176 g/mol. The highest BCUT2D eigenvalue weighted by molar-refractivity contribution is 5.23. The van der Waals surface area contributed by atoms with E-state index in [2.05, 4.69) is 0 Å². The molecule has 0 aromatic heterocycles. The summed E-state index contributed by atoms with van der Waals surface area (Å²) >= 11 is 0. The third kappa shape index (κ3) is 0.439. The fraction of sp³-hybridized carbons (Fsp3) is 1.00. The molecule has 5 rings (SSSR count). The van der Waals surface area contributed by atoms with Crippen molar-refractivity contribution in [2.45, 2.75) is 25.4 Å². The molecule has 0 spiro atoms. The van der Waals surface area contributed by atoms with Gasteiger partial charge < -0.3 is 5.11 Å². The lowest BCUT2D eigenvalue weighted by Gasteiger charge is -2.30. The van der Waals surface area contributed by atoms with E-state index in [0.29, 0.717) is 0 Å². The lowest BCUT2D eigenvalue weighted by molar-refractivity contribution is 0.0327. The molecule has 0 aromatic rings. The zero-order chi connectivity index (χ0) is 8.32. The number of hydrogen-bond acceptors (Lipinski definition) is 1. The Kier molecular flexibility index (Phi) is 0.793. The minimum atomic E-state index is 0.131. The van der Waals surface area contributed by atoms with Crippen molar-refractivity contribution in [3.8, 4) is 0 Å². The fourth-order valence-corrected chi connectivity index (χ4v) is 6.70. The maximum absolute atomic E-state index is 10.2. The lowest BCUT2D eigenvalue weighted by atomic mass is 9.77. The molecule has 0 unspecified atom stereocenters. The van der Waals surface area contributed by atoms with Gasteiger partial charge in [-0.1, -0.05) is 0 Å². The fourth-order valence-electron chi connectivity index (χ4n) is 6.70. The van der Waals surface area contributed by atoms with Crippen molar-refractivity contribution in [1.82, 2.24) is 0 Å². The van der Waals surface area contributed by atoms with E-state index in [1.54, 1.807) is 6.42 Å². The van der Waals surface area contributed by atoms with Gasteiger partial charge in [-0.15, -0.1) is 0 Å². The zero-order valence-corrected chi connectivity index (χ0v) is 7.76. The summed E-state index contributed by atoms with van der Waals surface area (Å²) in [4.78, 5) is 0. The molecule has 5 aliphatic carbocycles. The Bertz CT molecular complexity index is 290. The first kappa shape index (κ1) is 6.44. The molecule has 70 valence electrons. The Morgan fingerprint density at radius 2 is 1.46 bits per heavy atom. The van der Waals surface area contributed by atoms with Crippen molar-refractivity contribution in [3.63, 3.8) is 0 Å². The second-order valence-corrected chi connectivity index (χ2v) is 6.35. The lowest BCUT2D eigenvalue weighted by Crippen LogP contribution is -2.32. The van der Waals surface area contributed by atoms with Crippen LogP contribution in [0.1, 0.15) is 19.3 Å². The van der Waals surface area contributed by atoms with E-state index in [9.17, 15) is 5.11 Å². The van der Waals surface area contributed by atoms with E-state index in [4.69, 9.17) is 0 Å². The highest BCUT2D eigenvalue weighted by Gasteiger charge is 2.75. The van der Waals surface area contributed by atoms with Gasteiger partial charge in [-0.05, 0) is 66.6 Å². The number of hydrogen-bond donors (Lipinski definition) is 1. The van der Waals surface area contributed by atoms with Gasteiger partial charge in [0.15, 0.2) is 0 Å². The summed E-state index contributed by atoms with van der Waals surface area (Å²) in [7, 11) is 0. The van der Waals surface area contributed by atoms with Gasteiger partial charge in [0.05, 0.1) is 6.10 Å². The molecule has 0 aromatic carbocycles. The van der Waals surface area contributed by atoms with Crippen molar-refractivity contribution in [2.75, 3.05) is 0 Å². The monoisotopic (exact) mass is 176 g/mol. The van der Waals surface area contributed by atoms with E-state index in [0.717, 1.165) is 47.3 Å². The molecule has 0 aliphatic heterocycles. The minimum absolute atomic E-state index is 0.131. The van der Waals surface area contributed by atoms with Crippen LogP contribution < -0.4 is 0 Å². The van der Waals surface area contributed by atoms with Crippen LogP contribution in [-0.4, -0.2) is 11.2 Å². The molecule has 1 N–H and O–H groups in total. The molecule has 5 fully saturated rings. The molecule has 1 nitrogen and oxygen atoms in total. The van der Waals surface area contributed by atoms with Gasteiger partial charge in [-0.25, -0.2) is 0 Å².